The van der Waals surface area contributed by atoms with Gasteiger partial charge in [0, 0.05) is 13.1 Å². The van der Waals surface area contributed by atoms with Crippen LogP contribution < -0.4 is 0 Å². The standard InChI is InChI=1S/C23H33NO7S/c1-15(2)18-8-6-16(3)12-21(18)31-22(26)14-30-23(27)19-13-17(7-9-20(19)25)32(28,29)24-10-4-5-11-24/h7,9,13,15-16,18,21,25H,4-6,8,10-12,14H2,1-3H3/t16-,18+,21+/m1/s1. The average Bonchev–Trinajstić information content (AvgIpc) is 3.28. The molecule has 0 bridgehead atoms. The van der Waals surface area contributed by atoms with Crippen LogP contribution in [0.1, 0.15) is 63.2 Å². The Bertz CT molecular complexity index is 938. The Morgan fingerprint density at radius 2 is 1.88 bits per heavy atom. The Hall–Kier alpha value is -2.13. The maximum atomic E-state index is 12.7. The highest BCUT2D eigenvalue weighted by Crippen LogP contribution is 2.35. The van der Waals surface area contributed by atoms with Crippen molar-refractivity contribution in [3.63, 3.8) is 0 Å². The van der Waals surface area contributed by atoms with Crippen molar-refractivity contribution in [2.75, 3.05) is 19.7 Å². The predicted octanol–water partition coefficient (Wildman–Crippen LogP) is 3.34. The summed E-state index contributed by atoms with van der Waals surface area (Å²) >= 11 is 0. The molecular formula is C23H33NO7S. The fourth-order valence-corrected chi connectivity index (χ4v) is 6.12. The number of nitrogens with zero attached hydrogens (tertiary/aromatic N) is 1. The van der Waals surface area contributed by atoms with E-state index in [4.69, 9.17) is 9.47 Å². The summed E-state index contributed by atoms with van der Waals surface area (Å²) in [6, 6.07) is 3.49. The van der Waals surface area contributed by atoms with Crippen LogP contribution in [0.2, 0.25) is 0 Å². The third kappa shape index (κ3) is 5.61. The van der Waals surface area contributed by atoms with E-state index < -0.39 is 34.3 Å². The van der Waals surface area contributed by atoms with Crippen molar-refractivity contribution in [1.29, 1.82) is 0 Å². The van der Waals surface area contributed by atoms with Gasteiger partial charge in [0.05, 0.1) is 4.90 Å². The molecule has 1 saturated heterocycles. The molecule has 0 amide bonds. The molecule has 3 atom stereocenters. The fraction of sp³-hybridized carbons (Fsp3) is 0.652. The molecule has 1 aliphatic heterocycles. The van der Waals surface area contributed by atoms with Crippen LogP contribution in [0.4, 0.5) is 0 Å². The molecule has 1 aromatic carbocycles. The van der Waals surface area contributed by atoms with Crippen LogP contribution in [0.5, 0.6) is 5.75 Å². The zero-order chi connectivity index (χ0) is 23.5. The van der Waals surface area contributed by atoms with Crippen LogP contribution in [0.25, 0.3) is 0 Å². The van der Waals surface area contributed by atoms with E-state index in [2.05, 4.69) is 20.8 Å². The second kappa shape index (κ2) is 10.2. The molecule has 0 aromatic heterocycles. The minimum atomic E-state index is -3.76. The summed E-state index contributed by atoms with van der Waals surface area (Å²) in [7, 11) is -3.76. The highest BCUT2D eigenvalue weighted by molar-refractivity contribution is 7.89. The molecule has 2 aliphatic rings. The van der Waals surface area contributed by atoms with Gasteiger partial charge in [-0.2, -0.15) is 4.31 Å². The van der Waals surface area contributed by atoms with E-state index in [9.17, 15) is 23.1 Å². The minimum absolute atomic E-state index is 0.0947. The topological polar surface area (TPSA) is 110 Å². The second-order valence-corrected chi connectivity index (χ2v) is 11.2. The summed E-state index contributed by atoms with van der Waals surface area (Å²) in [6.45, 7) is 6.58. The van der Waals surface area contributed by atoms with Crippen molar-refractivity contribution in [1.82, 2.24) is 4.31 Å². The molecule has 32 heavy (non-hydrogen) atoms. The summed E-state index contributed by atoms with van der Waals surface area (Å²) < 4.78 is 37.5. The zero-order valence-corrected chi connectivity index (χ0v) is 19.8. The van der Waals surface area contributed by atoms with Crippen molar-refractivity contribution < 1.29 is 32.6 Å². The van der Waals surface area contributed by atoms with Crippen molar-refractivity contribution in [2.24, 2.45) is 17.8 Å². The Balaban J connectivity index is 1.63. The molecule has 178 valence electrons. The number of ether oxygens (including phenoxy) is 2. The van der Waals surface area contributed by atoms with Gasteiger partial charge in [0.1, 0.15) is 17.4 Å². The van der Waals surface area contributed by atoms with E-state index in [1.807, 2.05) is 0 Å². The van der Waals surface area contributed by atoms with Crippen molar-refractivity contribution in [3.8, 4) is 5.75 Å². The monoisotopic (exact) mass is 467 g/mol. The quantitative estimate of drug-likeness (QED) is 0.612. The van der Waals surface area contributed by atoms with Crippen LogP contribution in [-0.4, -0.2) is 55.6 Å². The first-order valence-electron chi connectivity index (χ1n) is 11.3. The van der Waals surface area contributed by atoms with Gasteiger partial charge in [-0.3, -0.25) is 0 Å². The van der Waals surface area contributed by atoms with Crippen molar-refractivity contribution >= 4 is 22.0 Å². The summed E-state index contributed by atoms with van der Waals surface area (Å²) in [5.41, 5.74) is -0.301. The fourth-order valence-electron chi connectivity index (χ4n) is 4.57. The predicted molar refractivity (Wildman–Crippen MR) is 118 cm³/mol. The number of carbonyl (C=O) groups is 2. The first-order chi connectivity index (χ1) is 15.1. The molecule has 0 unspecified atom stereocenters. The summed E-state index contributed by atoms with van der Waals surface area (Å²) in [5.74, 6) is -0.937. The first-order valence-corrected chi connectivity index (χ1v) is 12.7. The Kier molecular flexibility index (Phi) is 7.82. The van der Waals surface area contributed by atoms with Crippen LogP contribution >= 0.6 is 0 Å². The molecule has 8 nitrogen and oxygen atoms in total. The molecule has 1 aromatic rings. The minimum Gasteiger partial charge on any atom is -0.507 e. The van der Waals surface area contributed by atoms with Crippen LogP contribution in [0, 0.1) is 17.8 Å². The van der Waals surface area contributed by atoms with E-state index in [-0.39, 0.29) is 22.5 Å². The van der Waals surface area contributed by atoms with Gasteiger partial charge in [-0.15, -0.1) is 0 Å². The van der Waals surface area contributed by atoms with E-state index >= 15 is 0 Å². The normalized spacial score (nSPS) is 24.4. The highest BCUT2D eigenvalue weighted by Gasteiger charge is 2.34. The maximum Gasteiger partial charge on any atom is 0.344 e. The van der Waals surface area contributed by atoms with Gasteiger partial charge in [-0.1, -0.05) is 27.2 Å². The zero-order valence-electron chi connectivity index (χ0n) is 19.0. The van der Waals surface area contributed by atoms with Crippen molar-refractivity contribution in [3.05, 3.63) is 23.8 Å². The third-order valence-corrected chi connectivity index (χ3v) is 8.35. The Morgan fingerprint density at radius 3 is 2.53 bits per heavy atom. The largest absolute Gasteiger partial charge is 0.507 e. The van der Waals surface area contributed by atoms with Gasteiger partial charge >= 0.3 is 11.9 Å². The maximum absolute atomic E-state index is 12.7. The van der Waals surface area contributed by atoms with Gasteiger partial charge in [0.2, 0.25) is 10.0 Å². The molecule has 3 rings (SSSR count). The number of sulfonamides is 1. The number of hydrogen-bond acceptors (Lipinski definition) is 7. The number of carbonyl (C=O) groups excluding carboxylic acids is 2. The number of benzene rings is 1. The van der Waals surface area contributed by atoms with Gasteiger partial charge in [0.25, 0.3) is 0 Å². The number of esters is 2. The summed E-state index contributed by atoms with van der Waals surface area (Å²) in [4.78, 5) is 24.7. The van der Waals surface area contributed by atoms with Crippen molar-refractivity contribution in [2.45, 2.75) is 63.9 Å². The molecule has 9 heteroatoms. The van der Waals surface area contributed by atoms with E-state index in [0.29, 0.717) is 24.9 Å². The SMILES string of the molecule is CC(C)[C@@H]1CC[C@@H](C)C[C@@H]1OC(=O)COC(=O)c1cc(S(=O)(=O)N2CCCC2)ccc1O. The molecule has 1 heterocycles. The van der Waals surface area contributed by atoms with Gasteiger partial charge in [-0.25, -0.2) is 18.0 Å². The lowest BCUT2D eigenvalue weighted by atomic mass is 9.75. The molecule has 1 aliphatic carbocycles. The Morgan fingerprint density at radius 1 is 1.19 bits per heavy atom. The highest BCUT2D eigenvalue weighted by atomic mass is 32.2. The molecular weight excluding hydrogens is 434 g/mol. The number of hydrogen-bond donors (Lipinski definition) is 1. The van der Waals surface area contributed by atoms with Gasteiger partial charge < -0.3 is 14.6 Å². The van der Waals surface area contributed by atoms with Crippen LogP contribution in [0.3, 0.4) is 0 Å². The third-order valence-electron chi connectivity index (χ3n) is 6.46. The summed E-state index contributed by atoms with van der Waals surface area (Å²) in [5, 5.41) is 10.1. The van der Waals surface area contributed by atoms with Crippen LogP contribution in [0.15, 0.2) is 23.1 Å². The second-order valence-electron chi connectivity index (χ2n) is 9.22. The Labute approximate surface area is 189 Å². The smallest absolute Gasteiger partial charge is 0.344 e. The first kappa shape index (κ1) is 24.5. The number of phenolic OH excluding ortho intramolecular Hbond substituents is 1. The summed E-state index contributed by atoms with van der Waals surface area (Å²) in [6.07, 6.45) is 4.22. The molecule has 1 N–H and O–H groups in total. The van der Waals surface area contributed by atoms with E-state index in [1.165, 1.54) is 10.4 Å². The lowest BCUT2D eigenvalue weighted by Gasteiger charge is -2.36. The van der Waals surface area contributed by atoms with E-state index in [1.54, 1.807) is 0 Å². The molecule has 1 saturated carbocycles. The lowest BCUT2D eigenvalue weighted by molar-refractivity contribution is -0.159. The molecule has 0 spiro atoms. The van der Waals surface area contributed by atoms with E-state index in [0.717, 1.165) is 44.2 Å². The number of aromatic hydroxyl groups is 1. The van der Waals surface area contributed by atoms with Gasteiger partial charge in [-0.05, 0) is 61.6 Å². The molecule has 2 fully saturated rings. The lowest BCUT2D eigenvalue weighted by Crippen LogP contribution is -2.36. The van der Waals surface area contributed by atoms with Gasteiger partial charge in [0.15, 0.2) is 6.61 Å². The average molecular weight is 468 g/mol. The van der Waals surface area contributed by atoms with Crippen LogP contribution in [-0.2, 0) is 24.3 Å². The number of phenols is 1. The number of rotatable bonds is 7. The molecule has 0 radical (unpaired) electrons.